The van der Waals surface area contributed by atoms with Crippen LogP contribution in [0.1, 0.15) is 31.7 Å². The highest BCUT2D eigenvalue weighted by Gasteiger charge is 2.28. The van der Waals surface area contributed by atoms with Gasteiger partial charge in [-0.15, -0.1) is 0 Å². The van der Waals surface area contributed by atoms with E-state index >= 15 is 0 Å². The summed E-state index contributed by atoms with van der Waals surface area (Å²) < 4.78 is 27.1. The van der Waals surface area contributed by atoms with Crippen LogP contribution in [0.15, 0.2) is 29.2 Å². The van der Waals surface area contributed by atoms with Gasteiger partial charge in [-0.1, -0.05) is 31.0 Å². The summed E-state index contributed by atoms with van der Waals surface area (Å²) >= 11 is 0. The fraction of sp³-hybridized carbons (Fsp3) is 0.538. The van der Waals surface area contributed by atoms with Crippen molar-refractivity contribution in [1.29, 1.82) is 0 Å². The molecule has 0 saturated heterocycles. The standard InChI is InChI=1S/C13H19NO2S/c1-10-6-8-12(9-7-10)17(15,16)14-13-5-3-4-11(13)2/h6-9,11,13-14H,3-5H2,1-2H3/t11-,13-/m1/s1. The molecule has 1 aliphatic rings. The van der Waals surface area contributed by atoms with Crippen LogP contribution in [0.25, 0.3) is 0 Å². The van der Waals surface area contributed by atoms with Crippen molar-refractivity contribution in [1.82, 2.24) is 4.72 Å². The molecule has 0 amide bonds. The third-order valence-electron chi connectivity index (χ3n) is 3.50. The zero-order valence-corrected chi connectivity index (χ0v) is 11.1. The number of rotatable bonds is 3. The summed E-state index contributed by atoms with van der Waals surface area (Å²) in [6.07, 6.45) is 3.18. The summed E-state index contributed by atoms with van der Waals surface area (Å²) in [5, 5.41) is 0. The van der Waals surface area contributed by atoms with E-state index in [1.54, 1.807) is 12.1 Å². The minimum absolute atomic E-state index is 0.0984. The second kappa shape index (κ2) is 4.78. The van der Waals surface area contributed by atoms with E-state index in [0.717, 1.165) is 24.8 Å². The molecule has 0 bridgehead atoms. The highest BCUT2D eigenvalue weighted by atomic mass is 32.2. The molecule has 0 radical (unpaired) electrons. The van der Waals surface area contributed by atoms with Crippen LogP contribution in [-0.2, 0) is 10.0 Å². The minimum atomic E-state index is -3.34. The van der Waals surface area contributed by atoms with Crippen LogP contribution in [0, 0.1) is 12.8 Å². The van der Waals surface area contributed by atoms with Gasteiger partial charge in [0.2, 0.25) is 10.0 Å². The van der Waals surface area contributed by atoms with Gasteiger partial charge in [-0.2, -0.15) is 0 Å². The summed E-state index contributed by atoms with van der Waals surface area (Å²) in [4.78, 5) is 0.363. The van der Waals surface area contributed by atoms with Crippen LogP contribution in [0.3, 0.4) is 0 Å². The number of aryl methyl sites for hydroxylation is 1. The predicted molar refractivity (Wildman–Crippen MR) is 68.3 cm³/mol. The van der Waals surface area contributed by atoms with Crippen LogP contribution in [0.4, 0.5) is 0 Å². The quantitative estimate of drug-likeness (QED) is 0.899. The van der Waals surface area contributed by atoms with Crippen molar-refractivity contribution < 1.29 is 8.42 Å². The maximum absolute atomic E-state index is 12.1. The molecule has 1 fully saturated rings. The second-order valence-corrected chi connectivity index (χ2v) is 6.66. The molecule has 3 nitrogen and oxygen atoms in total. The van der Waals surface area contributed by atoms with Crippen LogP contribution in [0.2, 0.25) is 0 Å². The summed E-state index contributed by atoms with van der Waals surface area (Å²) in [5.41, 5.74) is 1.07. The normalized spacial score (nSPS) is 25.1. The first-order valence-corrected chi connectivity index (χ1v) is 7.56. The van der Waals surface area contributed by atoms with Crippen molar-refractivity contribution in [2.45, 2.75) is 44.0 Å². The molecule has 94 valence electrons. The Morgan fingerprint density at radius 3 is 2.35 bits per heavy atom. The Bertz CT molecular complexity index is 479. The Hall–Kier alpha value is -0.870. The molecule has 1 saturated carbocycles. The Kier molecular flexibility index (Phi) is 3.54. The van der Waals surface area contributed by atoms with E-state index in [2.05, 4.69) is 11.6 Å². The lowest BCUT2D eigenvalue weighted by atomic mass is 10.1. The molecule has 0 spiro atoms. The van der Waals surface area contributed by atoms with Crippen LogP contribution in [0.5, 0.6) is 0 Å². The Morgan fingerprint density at radius 2 is 1.82 bits per heavy atom. The van der Waals surface area contributed by atoms with Gasteiger partial charge >= 0.3 is 0 Å². The SMILES string of the molecule is Cc1ccc(S(=O)(=O)N[C@@H]2CCC[C@H]2C)cc1. The van der Waals surface area contributed by atoms with Crippen molar-refractivity contribution in [3.63, 3.8) is 0 Å². The van der Waals surface area contributed by atoms with Gasteiger partial charge in [0.1, 0.15) is 0 Å². The van der Waals surface area contributed by atoms with E-state index in [0.29, 0.717) is 10.8 Å². The fourth-order valence-electron chi connectivity index (χ4n) is 2.31. The molecular weight excluding hydrogens is 234 g/mol. The highest BCUT2D eigenvalue weighted by molar-refractivity contribution is 7.89. The number of hydrogen-bond donors (Lipinski definition) is 1. The van der Waals surface area contributed by atoms with Gasteiger partial charge in [-0.3, -0.25) is 0 Å². The smallest absolute Gasteiger partial charge is 0.208 e. The first kappa shape index (κ1) is 12.6. The molecule has 0 unspecified atom stereocenters. The van der Waals surface area contributed by atoms with Crippen LogP contribution >= 0.6 is 0 Å². The zero-order valence-electron chi connectivity index (χ0n) is 10.3. The molecule has 1 aromatic carbocycles. The number of sulfonamides is 1. The fourth-order valence-corrected chi connectivity index (χ4v) is 3.68. The molecule has 4 heteroatoms. The topological polar surface area (TPSA) is 46.2 Å². The average Bonchev–Trinajstić information content (AvgIpc) is 2.64. The van der Waals surface area contributed by atoms with Crippen LogP contribution in [-0.4, -0.2) is 14.5 Å². The van der Waals surface area contributed by atoms with Gasteiger partial charge in [0.25, 0.3) is 0 Å². The summed E-state index contributed by atoms with van der Waals surface area (Å²) in [6.45, 7) is 4.05. The van der Waals surface area contributed by atoms with Crippen molar-refractivity contribution in [3.8, 4) is 0 Å². The Labute approximate surface area is 103 Å². The van der Waals surface area contributed by atoms with Gasteiger partial charge in [-0.05, 0) is 37.8 Å². The Morgan fingerprint density at radius 1 is 1.18 bits per heavy atom. The van der Waals surface area contributed by atoms with E-state index in [4.69, 9.17) is 0 Å². The molecular formula is C13H19NO2S. The third kappa shape index (κ3) is 2.87. The number of hydrogen-bond acceptors (Lipinski definition) is 2. The lowest BCUT2D eigenvalue weighted by molar-refractivity contribution is 0.476. The van der Waals surface area contributed by atoms with Gasteiger partial charge in [0.15, 0.2) is 0 Å². The van der Waals surface area contributed by atoms with E-state index in [1.165, 1.54) is 0 Å². The zero-order chi connectivity index (χ0) is 12.5. The number of nitrogens with one attached hydrogen (secondary N) is 1. The molecule has 0 aliphatic heterocycles. The van der Waals surface area contributed by atoms with Gasteiger partial charge < -0.3 is 0 Å². The summed E-state index contributed by atoms with van der Waals surface area (Å²) in [7, 11) is -3.34. The molecule has 1 N–H and O–H groups in total. The van der Waals surface area contributed by atoms with Crippen molar-refractivity contribution in [2.24, 2.45) is 5.92 Å². The predicted octanol–water partition coefficient (Wildman–Crippen LogP) is 2.46. The van der Waals surface area contributed by atoms with Gasteiger partial charge in [0, 0.05) is 6.04 Å². The third-order valence-corrected chi connectivity index (χ3v) is 5.01. The molecule has 1 aliphatic carbocycles. The lowest BCUT2D eigenvalue weighted by Crippen LogP contribution is -2.36. The summed E-state index contributed by atoms with van der Waals surface area (Å²) in [5.74, 6) is 0.440. The van der Waals surface area contributed by atoms with Crippen molar-refractivity contribution >= 4 is 10.0 Å². The maximum Gasteiger partial charge on any atom is 0.240 e. The molecule has 2 atom stereocenters. The van der Waals surface area contributed by atoms with Crippen LogP contribution < -0.4 is 4.72 Å². The lowest BCUT2D eigenvalue weighted by Gasteiger charge is -2.17. The van der Waals surface area contributed by atoms with E-state index < -0.39 is 10.0 Å². The molecule has 17 heavy (non-hydrogen) atoms. The first-order valence-electron chi connectivity index (χ1n) is 6.08. The van der Waals surface area contributed by atoms with Gasteiger partial charge in [-0.25, -0.2) is 13.1 Å². The largest absolute Gasteiger partial charge is 0.240 e. The molecule has 0 heterocycles. The van der Waals surface area contributed by atoms with Gasteiger partial charge in [0.05, 0.1) is 4.90 Å². The second-order valence-electron chi connectivity index (χ2n) is 4.95. The average molecular weight is 253 g/mol. The molecule has 0 aromatic heterocycles. The monoisotopic (exact) mass is 253 g/mol. The van der Waals surface area contributed by atoms with E-state index in [9.17, 15) is 8.42 Å². The maximum atomic E-state index is 12.1. The van der Waals surface area contributed by atoms with E-state index in [-0.39, 0.29) is 6.04 Å². The number of benzene rings is 1. The van der Waals surface area contributed by atoms with Crippen molar-refractivity contribution in [2.75, 3.05) is 0 Å². The van der Waals surface area contributed by atoms with Crippen molar-refractivity contribution in [3.05, 3.63) is 29.8 Å². The first-order chi connectivity index (χ1) is 7.99. The highest BCUT2D eigenvalue weighted by Crippen LogP contribution is 2.26. The Balaban J connectivity index is 2.16. The summed E-state index contributed by atoms with van der Waals surface area (Å²) in [6, 6.07) is 7.08. The molecule has 2 rings (SSSR count). The molecule has 1 aromatic rings. The van der Waals surface area contributed by atoms with E-state index in [1.807, 2.05) is 19.1 Å². The minimum Gasteiger partial charge on any atom is -0.208 e.